The zero-order valence-electron chi connectivity index (χ0n) is 16.5. The third kappa shape index (κ3) is 4.75. The third-order valence-corrected chi connectivity index (χ3v) is 5.67. The van der Waals surface area contributed by atoms with Gasteiger partial charge in [-0.3, -0.25) is 0 Å². The molecule has 2 aromatic carbocycles. The average molecular weight is 371 g/mol. The maximum Gasteiger partial charge on any atom is 0.123 e. The smallest absolute Gasteiger partial charge is 0.123 e. The quantitative estimate of drug-likeness (QED) is 0.823. The third-order valence-electron chi connectivity index (χ3n) is 5.67. The number of hydrogen-bond acceptors (Lipinski definition) is 3. The molecule has 0 spiro atoms. The van der Waals surface area contributed by atoms with Crippen LogP contribution in [0.15, 0.2) is 48.5 Å². The fourth-order valence-electron chi connectivity index (χ4n) is 4.24. The van der Waals surface area contributed by atoms with E-state index in [0.717, 1.165) is 36.1 Å². The molecule has 27 heavy (non-hydrogen) atoms. The second kappa shape index (κ2) is 8.51. The molecule has 2 aromatic rings. The van der Waals surface area contributed by atoms with E-state index in [1.165, 1.54) is 12.1 Å². The first kappa shape index (κ1) is 20.0. The largest absolute Gasteiger partial charge is 0.385 e. The molecule has 3 rings (SSSR count). The summed E-state index contributed by atoms with van der Waals surface area (Å²) in [5.41, 5.74) is 2.31. The maximum absolute atomic E-state index is 13.1. The Morgan fingerprint density at radius 3 is 2.52 bits per heavy atom. The van der Waals surface area contributed by atoms with Crippen molar-refractivity contribution in [2.24, 2.45) is 5.92 Å². The van der Waals surface area contributed by atoms with Crippen LogP contribution >= 0.6 is 0 Å². The molecular weight excluding hydrogens is 341 g/mol. The Morgan fingerprint density at radius 2 is 1.85 bits per heavy atom. The van der Waals surface area contributed by atoms with E-state index in [9.17, 15) is 9.50 Å². The highest BCUT2D eigenvalue weighted by molar-refractivity contribution is 5.32. The van der Waals surface area contributed by atoms with Crippen molar-refractivity contribution in [2.75, 3.05) is 20.6 Å². The number of aryl methyl sites for hydroxylation is 1. The molecule has 1 N–H and O–H groups in total. The molecule has 146 valence electrons. The van der Waals surface area contributed by atoms with Crippen LogP contribution in [-0.4, -0.2) is 36.8 Å². The molecule has 1 aliphatic rings. The Bertz CT molecular complexity index is 746. The van der Waals surface area contributed by atoms with Gasteiger partial charge in [0.25, 0.3) is 0 Å². The number of benzene rings is 2. The maximum atomic E-state index is 13.1. The lowest BCUT2D eigenvalue weighted by atomic mass is 9.69. The summed E-state index contributed by atoms with van der Waals surface area (Å²) in [6, 6.07) is 14.6. The highest BCUT2D eigenvalue weighted by Gasteiger charge is 2.44. The molecule has 0 radical (unpaired) electrons. The van der Waals surface area contributed by atoms with E-state index in [2.05, 4.69) is 24.0 Å². The van der Waals surface area contributed by atoms with Crippen LogP contribution in [0.5, 0.6) is 0 Å². The lowest BCUT2D eigenvalue weighted by Crippen LogP contribution is -2.47. The summed E-state index contributed by atoms with van der Waals surface area (Å²) in [5.74, 6) is -0.133. The minimum absolute atomic E-state index is 0.0977. The predicted molar refractivity (Wildman–Crippen MR) is 106 cm³/mol. The number of rotatable bonds is 6. The van der Waals surface area contributed by atoms with Crippen molar-refractivity contribution in [3.63, 3.8) is 0 Å². The molecule has 0 aliphatic heterocycles. The van der Waals surface area contributed by atoms with E-state index in [4.69, 9.17) is 4.74 Å². The Kier molecular flexibility index (Phi) is 6.30. The second-order valence-corrected chi connectivity index (χ2v) is 8.03. The van der Waals surface area contributed by atoms with Gasteiger partial charge in [-0.05, 0) is 69.1 Å². The molecule has 0 aromatic heterocycles. The summed E-state index contributed by atoms with van der Waals surface area (Å²) in [7, 11) is 4.09. The van der Waals surface area contributed by atoms with E-state index in [-0.39, 0.29) is 17.8 Å². The molecule has 0 heterocycles. The standard InChI is InChI=1S/C23H30FNO2/c1-17-6-4-5-7-22(17)23(26)13-12-21(14-19(23)15-25(2)3)27-16-18-8-10-20(24)11-9-18/h4-11,19,21,26H,12-16H2,1-3H3. The molecule has 0 amide bonds. The lowest BCUT2D eigenvalue weighted by molar-refractivity contribution is -0.111. The molecule has 1 fully saturated rings. The van der Waals surface area contributed by atoms with Crippen molar-refractivity contribution in [2.45, 2.75) is 44.5 Å². The van der Waals surface area contributed by atoms with Crippen molar-refractivity contribution in [1.82, 2.24) is 4.90 Å². The van der Waals surface area contributed by atoms with Crippen LogP contribution in [0.3, 0.4) is 0 Å². The Hall–Kier alpha value is -1.75. The summed E-state index contributed by atoms with van der Waals surface area (Å²) in [6.45, 7) is 3.35. The predicted octanol–water partition coefficient (Wildman–Crippen LogP) is 4.27. The summed E-state index contributed by atoms with van der Waals surface area (Å²) in [4.78, 5) is 2.14. The Labute approximate surface area is 161 Å². The van der Waals surface area contributed by atoms with Crippen molar-refractivity contribution in [3.05, 3.63) is 71.0 Å². The summed E-state index contributed by atoms with van der Waals surface area (Å²) in [5, 5.41) is 11.6. The Morgan fingerprint density at radius 1 is 1.15 bits per heavy atom. The SMILES string of the molecule is Cc1ccccc1C1(O)CCC(OCc2ccc(F)cc2)CC1CN(C)C. The van der Waals surface area contributed by atoms with Crippen molar-refractivity contribution >= 4 is 0 Å². The molecular formula is C23H30FNO2. The van der Waals surface area contributed by atoms with Gasteiger partial charge in [0.15, 0.2) is 0 Å². The van der Waals surface area contributed by atoms with Crippen molar-refractivity contribution in [3.8, 4) is 0 Å². The number of ether oxygens (including phenoxy) is 1. The molecule has 3 atom stereocenters. The number of nitrogens with zero attached hydrogens (tertiary/aromatic N) is 1. The Balaban J connectivity index is 1.72. The zero-order chi connectivity index (χ0) is 19.4. The molecule has 3 nitrogen and oxygen atoms in total. The van der Waals surface area contributed by atoms with Gasteiger partial charge in [-0.1, -0.05) is 36.4 Å². The van der Waals surface area contributed by atoms with Crippen LogP contribution in [0.2, 0.25) is 0 Å². The van der Waals surface area contributed by atoms with E-state index < -0.39 is 5.60 Å². The van der Waals surface area contributed by atoms with Gasteiger partial charge in [-0.15, -0.1) is 0 Å². The fourth-order valence-corrected chi connectivity index (χ4v) is 4.24. The van der Waals surface area contributed by atoms with Crippen molar-refractivity contribution < 1.29 is 14.2 Å². The van der Waals surface area contributed by atoms with Gasteiger partial charge >= 0.3 is 0 Å². The number of hydrogen-bond donors (Lipinski definition) is 1. The monoisotopic (exact) mass is 371 g/mol. The number of halogens is 1. The van der Waals surface area contributed by atoms with Crippen molar-refractivity contribution in [1.29, 1.82) is 0 Å². The van der Waals surface area contributed by atoms with Gasteiger partial charge in [-0.2, -0.15) is 0 Å². The van der Waals surface area contributed by atoms with Crippen LogP contribution < -0.4 is 0 Å². The van der Waals surface area contributed by atoms with E-state index >= 15 is 0 Å². The molecule has 1 aliphatic carbocycles. The van der Waals surface area contributed by atoms with Crippen LogP contribution in [0.4, 0.5) is 4.39 Å². The minimum Gasteiger partial charge on any atom is -0.385 e. The highest BCUT2D eigenvalue weighted by atomic mass is 19.1. The van der Waals surface area contributed by atoms with E-state index in [1.807, 2.05) is 26.2 Å². The van der Waals surface area contributed by atoms with Crippen LogP contribution in [0.25, 0.3) is 0 Å². The normalized spacial score (nSPS) is 25.7. The van der Waals surface area contributed by atoms with Crippen LogP contribution in [0.1, 0.15) is 36.0 Å². The second-order valence-electron chi connectivity index (χ2n) is 8.03. The molecule has 4 heteroatoms. The summed E-state index contributed by atoms with van der Waals surface area (Å²) >= 11 is 0. The zero-order valence-corrected chi connectivity index (χ0v) is 16.5. The van der Waals surface area contributed by atoms with Gasteiger partial charge in [0.05, 0.1) is 18.3 Å². The topological polar surface area (TPSA) is 32.7 Å². The average Bonchev–Trinajstić information content (AvgIpc) is 2.63. The first-order valence-corrected chi connectivity index (χ1v) is 9.68. The van der Waals surface area contributed by atoms with Crippen LogP contribution in [0, 0.1) is 18.7 Å². The van der Waals surface area contributed by atoms with Gasteiger partial charge < -0.3 is 14.7 Å². The molecule has 3 unspecified atom stereocenters. The molecule has 0 saturated heterocycles. The molecule has 0 bridgehead atoms. The van der Waals surface area contributed by atoms with E-state index in [1.54, 1.807) is 12.1 Å². The highest BCUT2D eigenvalue weighted by Crippen LogP contribution is 2.44. The lowest BCUT2D eigenvalue weighted by Gasteiger charge is -2.45. The first-order valence-electron chi connectivity index (χ1n) is 9.68. The van der Waals surface area contributed by atoms with E-state index in [0.29, 0.717) is 13.0 Å². The summed E-state index contributed by atoms with van der Waals surface area (Å²) in [6.07, 6.45) is 2.41. The van der Waals surface area contributed by atoms with Gasteiger partial charge in [0, 0.05) is 12.5 Å². The van der Waals surface area contributed by atoms with Gasteiger partial charge in [0.1, 0.15) is 5.82 Å². The summed E-state index contributed by atoms with van der Waals surface area (Å²) < 4.78 is 19.2. The molecule has 1 saturated carbocycles. The van der Waals surface area contributed by atoms with Crippen LogP contribution in [-0.2, 0) is 16.9 Å². The number of aliphatic hydroxyl groups is 1. The minimum atomic E-state index is -0.828. The van der Waals surface area contributed by atoms with Gasteiger partial charge in [-0.25, -0.2) is 4.39 Å². The fraction of sp³-hybridized carbons (Fsp3) is 0.478. The first-order chi connectivity index (χ1) is 12.9. The van der Waals surface area contributed by atoms with Gasteiger partial charge in [0.2, 0.25) is 0 Å².